The minimum absolute atomic E-state index is 0.00655. The predicted octanol–water partition coefficient (Wildman–Crippen LogP) is 1.84. The number of likely N-dealkylation sites (N-methyl/N-ethyl adjacent to an activating group) is 1. The molecule has 138 valence electrons. The minimum atomic E-state index is -0.0613. The molecule has 1 aliphatic rings. The van der Waals surface area contributed by atoms with E-state index in [0.29, 0.717) is 24.3 Å². The molecule has 0 N–H and O–H groups in total. The van der Waals surface area contributed by atoms with Gasteiger partial charge in [-0.3, -0.25) is 14.5 Å². The van der Waals surface area contributed by atoms with Crippen molar-refractivity contribution in [3.63, 3.8) is 0 Å². The standard InChI is InChI=1S/C19H28N2O4/c1-4-18(22)16-5-7-17(8-6-16)25-14-19(23)20(3)13-15(2)21-9-11-24-12-10-21/h5-8,15H,4,9-14H2,1-3H3. The summed E-state index contributed by atoms with van der Waals surface area (Å²) in [6.45, 7) is 7.92. The Morgan fingerprint density at radius 1 is 1.24 bits per heavy atom. The highest BCUT2D eigenvalue weighted by molar-refractivity contribution is 5.95. The van der Waals surface area contributed by atoms with Crippen LogP contribution >= 0.6 is 0 Å². The van der Waals surface area contributed by atoms with E-state index in [0.717, 1.165) is 26.3 Å². The van der Waals surface area contributed by atoms with Gasteiger partial charge in [0.1, 0.15) is 5.75 Å². The summed E-state index contributed by atoms with van der Waals surface area (Å²) < 4.78 is 10.9. The Kier molecular flexibility index (Phi) is 7.40. The smallest absolute Gasteiger partial charge is 0.260 e. The summed E-state index contributed by atoms with van der Waals surface area (Å²) in [6, 6.07) is 7.21. The van der Waals surface area contributed by atoms with Gasteiger partial charge in [0.2, 0.25) is 0 Å². The Labute approximate surface area is 149 Å². The average molecular weight is 348 g/mol. The topological polar surface area (TPSA) is 59.1 Å². The number of nitrogens with zero attached hydrogens (tertiary/aromatic N) is 2. The number of ketones is 1. The number of ether oxygens (including phenoxy) is 2. The molecule has 2 rings (SSSR count). The molecule has 6 heteroatoms. The molecule has 1 aliphatic heterocycles. The van der Waals surface area contributed by atoms with E-state index in [2.05, 4.69) is 11.8 Å². The summed E-state index contributed by atoms with van der Waals surface area (Å²) in [6.07, 6.45) is 0.477. The van der Waals surface area contributed by atoms with E-state index in [9.17, 15) is 9.59 Å². The van der Waals surface area contributed by atoms with Crippen molar-refractivity contribution in [3.05, 3.63) is 29.8 Å². The van der Waals surface area contributed by atoms with Crippen LogP contribution in [-0.2, 0) is 9.53 Å². The largest absolute Gasteiger partial charge is 0.484 e. The summed E-state index contributed by atoms with van der Waals surface area (Å²) in [5, 5.41) is 0. The predicted molar refractivity (Wildman–Crippen MR) is 96.0 cm³/mol. The van der Waals surface area contributed by atoms with Gasteiger partial charge in [0.15, 0.2) is 12.4 Å². The fraction of sp³-hybridized carbons (Fsp3) is 0.579. The van der Waals surface area contributed by atoms with Crippen LogP contribution in [0, 0.1) is 0 Å². The average Bonchev–Trinajstić information content (AvgIpc) is 2.66. The second-order valence-electron chi connectivity index (χ2n) is 6.36. The highest BCUT2D eigenvalue weighted by atomic mass is 16.5. The van der Waals surface area contributed by atoms with E-state index in [1.165, 1.54) is 0 Å². The van der Waals surface area contributed by atoms with Gasteiger partial charge in [0, 0.05) is 44.7 Å². The maximum absolute atomic E-state index is 12.3. The minimum Gasteiger partial charge on any atom is -0.484 e. The third-order valence-electron chi connectivity index (χ3n) is 4.49. The monoisotopic (exact) mass is 348 g/mol. The molecule has 1 atom stereocenters. The quantitative estimate of drug-likeness (QED) is 0.671. The van der Waals surface area contributed by atoms with Crippen LogP contribution in [0.5, 0.6) is 5.75 Å². The fourth-order valence-corrected chi connectivity index (χ4v) is 2.83. The van der Waals surface area contributed by atoms with Crippen molar-refractivity contribution >= 4 is 11.7 Å². The molecule has 25 heavy (non-hydrogen) atoms. The van der Waals surface area contributed by atoms with Gasteiger partial charge in [-0.15, -0.1) is 0 Å². The first-order chi connectivity index (χ1) is 12.0. The summed E-state index contributed by atoms with van der Waals surface area (Å²) >= 11 is 0. The molecule has 1 heterocycles. The van der Waals surface area contributed by atoms with Crippen molar-refractivity contribution in [2.45, 2.75) is 26.3 Å². The highest BCUT2D eigenvalue weighted by Crippen LogP contribution is 2.13. The van der Waals surface area contributed by atoms with E-state index in [1.54, 1.807) is 36.2 Å². The van der Waals surface area contributed by atoms with Crippen molar-refractivity contribution in [2.75, 3.05) is 46.5 Å². The SMILES string of the molecule is CCC(=O)c1ccc(OCC(=O)N(C)CC(C)N2CCOCC2)cc1. The van der Waals surface area contributed by atoms with Crippen LogP contribution in [0.2, 0.25) is 0 Å². The summed E-state index contributed by atoms with van der Waals surface area (Å²) in [5.41, 5.74) is 0.664. The Balaban J connectivity index is 1.77. The van der Waals surface area contributed by atoms with E-state index >= 15 is 0 Å². The van der Waals surface area contributed by atoms with E-state index in [4.69, 9.17) is 9.47 Å². The maximum Gasteiger partial charge on any atom is 0.260 e. The number of benzene rings is 1. The number of Topliss-reactive ketones (excluding diaryl/α,β-unsaturated/α-hetero) is 1. The lowest BCUT2D eigenvalue weighted by atomic mass is 10.1. The van der Waals surface area contributed by atoms with Gasteiger partial charge in [-0.05, 0) is 31.2 Å². The van der Waals surface area contributed by atoms with Crippen molar-refractivity contribution in [1.29, 1.82) is 0 Å². The molecule has 0 aliphatic carbocycles. The first-order valence-corrected chi connectivity index (χ1v) is 8.83. The zero-order valence-electron chi connectivity index (χ0n) is 15.4. The number of hydrogen-bond acceptors (Lipinski definition) is 5. The molecule has 0 aromatic heterocycles. The van der Waals surface area contributed by atoms with Crippen LogP contribution in [0.3, 0.4) is 0 Å². The Hall–Kier alpha value is -1.92. The maximum atomic E-state index is 12.3. The second kappa shape index (κ2) is 9.53. The zero-order valence-corrected chi connectivity index (χ0v) is 15.4. The molecule has 0 spiro atoms. The van der Waals surface area contributed by atoms with Crippen LogP contribution in [0.25, 0.3) is 0 Å². The van der Waals surface area contributed by atoms with Crippen LogP contribution in [0.1, 0.15) is 30.6 Å². The lowest BCUT2D eigenvalue weighted by Crippen LogP contribution is -2.48. The molecular weight excluding hydrogens is 320 g/mol. The number of hydrogen-bond donors (Lipinski definition) is 0. The van der Waals surface area contributed by atoms with Crippen LogP contribution in [0.4, 0.5) is 0 Å². The molecule has 0 radical (unpaired) electrons. The van der Waals surface area contributed by atoms with Gasteiger partial charge < -0.3 is 14.4 Å². The van der Waals surface area contributed by atoms with Crippen LogP contribution in [-0.4, -0.2) is 74.0 Å². The van der Waals surface area contributed by atoms with Crippen molar-refractivity contribution in [3.8, 4) is 5.75 Å². The highest BCUT2D eigenvalue weighted by Gasteiger charge is 2.20. The van der Waals surface area contributed by atoms with E-state index in [1.807, 2.05) is 6.92 Å². The molecule has 1 amide bonds. The fourth-order valence-electron chi connectivity index (χ4n) is 2.83. The first-order valence-electron chi connectivity index (χ1n) is 8.83. The van der Waals surface area contributed by atoms with Gasteiger partial charge >= 0.3 is 0 Å². The molecule has 1 fully saturated rings. The number of carbonyl (C=O) groups excluding carboxylic acids is 2. The van der Waals surface area contributed by atoms with E-state index < -0.39 is 0 Å². The third-order valence-corrected chi connectivity index (χ3v) is 4.49. The molecule has 1 saturated heterocycles. The molecule has 0 saturated carbocycles. The number of amides is 1. The van der Waals surface area contributed by atoms with E-state index in [-0.39, 0.29) is 24.3 Å². The van der Waals surface area contributed by atoms with Gasteiger partial charge in [0.25, 0.3) is 5.91 Å². The van der Waals surface area contributed by atoms with Crippen LogP contribution < -0.4 is 4.74 Å². The molecule has 1 unspecified atom stereocenters. The summed E-state index contributed by atoms with van der Waals surface area (Å²) in [5.74, 6) is 0.629. The van der Waals surface area contributed by atoms with Gasteiger partial charge in [0.05, 0.1) is 13.2 Å². The molecule has 0 bridgehead atoms. The third kappa shape index (κ3) is 5.83. The van der Waals surface area contributed by atoms with Crippen molar-refractivity contribution in [1.82, 2.24) is 9.80 Å². The van der Waals surface area contributed by atoms with Crippen molar-refractivity contribution < 1.29 is 19.1 Å². The number of carbonyl (C=O) groups is 2. The second-order valence-corrected chi connectivity index (χ2v) is 6.36. The molecule has 1 aromatic rings. The molecule has 1 aromatic carbocycles. The van der Waals surface area contributed by atoms with Gasteiger partial charge in [-0.1, -0.05) is 6.92 Å². The number of morpholine rings is 1. The first kappa shape index (κ1) is 19.4. The summed E-state index contributed by atoms with van der Waals surface area (Å²) in [7, 11) is 1.80. The Morgan fingerprint density at radius 3 is 2.48 bits per heavy atom. The lowest BCUT2D eigenvalue weighted by molar-refractivity contribution is -0.133. The Morgan fingerprint density at radius 2 is 1.88 bits per heavy atom. The Bertz CT molecular complexity index is 567. The lowest BCUT2D eigenvalue weighted by Gasteiger charge is -2.34. The molecular formula is C19H28N2O4. The molecule has 6 nitrogen and oxygen atoms in total. The van der Waals surface area contributed by atoms with Gasteiger partial charge in [-0.25, -0.2) is 0 Å². The summed E-state index contributed by atoms with van der Waals surface area (Å²) in [4.78, 5) is 27.9. The van der Waals surface area contributed by atoms with Gasteiger partial charge in [-0.2, -0.15) is 0 Å². The normalized spacial score (nSPS) is 16.3. The van der Waals surface area contributed by atoms with Crippen molar-refractivity contribution in [2.24, 2.45) is 0 Å². The van der Waals surface area contributed by atoms with Crippen LogP contribution in [0.15, 0.2) is 24.3 Å². The number of rotatable bonds is 8. The zero-order chi connectivity index (χ0) is 18.2.